The molecule has 2 aromatic carbocycles. The van der Waals surface area contributed by atoms with Crippen molar-refractivity contribution in [2.75, 3.05) is 33.3 Å². The summed E-state index contributed by atoms with van der Waals surface area (Å²) in [4.78, 5) is 15.6. The van der Waals surface area contributed by atoms with Crippen molar-refractivity contribution in [1.29, 1.82) is 0 Å². The Kier molecular flexibility index (Phi) is 6.12. The third-order valence-electron chi connectivity index (χ3n) is 5.33. The molecule has 0 saturated carbocycles. The number of aliphatic carboxylic acids is 1. The lowest BCUT2D eigenvalue weighted by atomic mass is 10.0. The van der Waals surface area contributed by atoms with Crippen molar-refractivity contribution in [3.05, 3.63) is 42.0 Å². The molecule has 3 rings (SSSR count). The SMILES string of the molecule is CCN(CC(=O)O)C1CCN(Cc2cc(OC)c3ccccc3c2)CC1. The molecule has 1 heterocycles. The number of benzene rings is 2. The van der Waals surface area contributed by atoms with E-state index in [-0.39, 0.29) is 6.54 Å². The molecular formula is C21H28N2O3. The molecule has 0 spiro atoms. The molecule has 1 saturated heterocycles. The molecule has 1 fully saturated rings. The number of fused-ring (bicyclic) bond motifs is 1. The van der Waals surface area contributed by atoms with Crippen LogP contribution in [0.1, 0.15) is 25.3 Å². The number of rotatable bonds is 7. The Hall–Kier alpha value is -2.11. The molecule has 0 aromatic heterocycles. The van der Waals surface area contributed by atoms with Gasteiger partial charge in [-0.25, -0.2) is 0 Å². The van der Waals surface area contributed by atoms with Crippen molar-refractivity contribution in [2.24, 2.45) is 0 Å². The molecule has 1 N–H and O–H groups in total. The topological polar surface area (TPSA) is 53.0 Å². The maximum Gasteiger partial charge on any atom is 0.317 e. The summed E-state index contributed by atoms with van der Waals surface area (Å²) in [7, 11) is 1.72. The normalized spacial score (nSPS) is 16.3. The first kappa shape index (κ1) is 18.7. The van der Waals surface area contributed by atoms with Crippen LogP contribution in [-0.2, 0) is 11.3 Å². The number of carboxylic acid groups (broad SMARTS) is 1. The van der Waals surface area contributed by atoms with Crippen LogP contribution in [0.25, 0.3) is 10.8 Å². The minimum atomic E-state index is -0.738. The summed E-state index contributed by atoms with van der Waals surface area (Å²) < 4.78 is 5.58. The van der Waals surface area contributed by atoms with E-state index in [1.165, 1.54) is 10.9 Å². The zero-order valence-corrected chi connectivity index (χ0v) is 15.6. The van der Waals surface area contributed by atoms with Crippen molar-refractivity contribution < 1.29 is 14.6 Å². The highest BCUT2D eigenvalue weighted by molar-refractivity contribution is 5.89. The van der Waals surface area contributed by atoms with Gasteiger partial charge in [0.1, 0.15) is 5.75 Å². The Morgan fingerprint density at radius 2 is 2.00 bits per heavy atom. The number of likely N-dealkylation sites (N-methyl/N-ethyl adjacent to an activating group) is 1. The predicted octanol–water partition coefficient (Wildman–Crippen LogP) is 3.22. The third-order valence-corrected chi connectivity index (χ3v) is 5.33. The van der Waals surface area contributed by atoms with Gasteiger partial charge in [-0.1, -0.05) is 31.2 Å². The Labute approximate surface area is 155 Å². The fourth-order valence-corrected chi connectivity index (χ4v) is 3.97. The Balaban J connectivity index is 1.64. The van der Waals surface area contributed by atoms with Crippen LogP contribution < -0.4 is 4.74 Å². The highest BCUT2D eigenvalue weighted by Crippen LogP contribution is 2.28. The molecule has 1 aliphatic rings. The van der Waals surface area contributed by atoms with Gasteiger partial charge in [-0.15, -0.1) is 0 Å². The maximum absolute atomic E-state index is 11.0. The van der Waals surface area contributed by atoms with Gasteiger partial charge in [-0.3, -0.25) is 14.6 Å². The number of carboxylic acids is 1. The van der Waals surface area contributed by atoms with Crippen LogP contribution in [0.15, 0.2) is 36.4 Å². The quantitative estimate of drug-likeness (QED) is 0.825. The molecule has 0 unspecified atom stereocenters. The largest absolute Gasteiger partial charge is 0.496 e. The lowest BCUT2D eigenvalue weighted by Gasteiger charge is -2.37. The summed E-state index contributed by atoms with van der Waals surface area (Å²) in [5.74, 6) is 0.184. The number of likely N-dealkylation sites (tertiary alicyclic amines) is 1. The highest BCUT2D eigenvalue weighted by Gasteiger charge is 2.25. The van der Waals surface area contributed by atoms with Gasteiger partial charge in [0.25, 0.3) is 0 Å². The van der Waals surface area contributed by atoms with Crippen LogP contribution in [0.4, 0.5) is 0 Å². The number of hydrogen-bond donors (Lipinski definition) is 1. The molecule has 1 aliphatic heterocycles. The Morgan fingerprint density at radius 1 is 1.27 bits per heavy atom. The molecule has 26 heavy (non-hydrogen) atoms. The van der Waals surface area contributed by atoms with E-state index in [9.17, 15) is 4.79 Å². The fraction of sp³-hybridized carbons (Fsp3) is 0.476. The number of hydrogen-bond acceptors (Lipinski definition) is 4. The van der Waals surface area contributed by atoms with E-state index in [2.05, 4.69) is 40.1 Å². The van der Waals surface area contributed by atoms with Gasteiger partial charge < -0.3 is 9.84 Å². The number of carbonyl (C=O) groups is 1. The molecular weight excluding hydrogens is 328 g/mol. The highest BCUT2D eigenvalue weighted by atomic mass is 16.5. The second-order valence-corrected chi connectivity index (χ2v) is 6.98. The summed E-state index contributed by atoms with van der Waals surface area (Å²) >= 11 is 0. The maximum atomic E-state index is 11.0. The van der Waals surface area contributed by atoms with Crippen LogP contribution in [-0.4, -0.2) is 60.2 Å². The molecule has 0 atom stereocenters. The third kappa shape index (κ3) is 4.34. The second kappa shape index (κ2) is 8.52. The number of methoxy groups -OCH3 is 1. The van der Waals surface area contributed by atoms with Gasteiger partial charge in [0, 0.05) is 18.0 Å². The van der Waals surface area contributed by atoms with Crippen LogP contribution in [0, 0.1) is 0 Å². The summed E-state index contributed by atoms with van der Waals surface area (Å²) in [5, 5.41) is 11.4. The van der Waals surface area contributed by atoms with E-state index in [0.29, 0.717) is 6.04 Å². The Bertz CT molecular complexity index is 754. The molecule has 5 heteroatoms. The first-order chi connectivity index (χ1) is 12.6. The van der Waals surface area contributed by atoms with Crippen LogP contribution >= 0.6 is 0 Å². The van der Waals surface area contributed by atoms with Gasteiger partial charge in [-0.2, -0.15) is 0 Å². The van der Waals surface area contributed by atoms with Gasteiger partial charge in [-0.05, 0) is 55.6 Å². The molecule has 140 valence electrons. The lowest BCUT2D eigenvalue weighted by molar-refractivity contribution is -0.139. The minimum Gasteiger partial charge on any atom is -0.496 e. The van der Waals surface area contributed by atoms with Crippen molar-refractivity contribution in [1.82, 2.24) is 9.80 Å². The van der Waals surface area contributed by atoms with Crippen molar-refractivity contribution in [3.8, 4) is 5.75 Å². The van der Waals surface area contributed by atoms with E-state index >= 15 is 0 Å². The van der Waals surface area contributed by atoms with Gasteiger partial charge >= 0.3 is 5.97 Å². The predicted molar refractivity (Wildman–Crippen MR) is 104 cm³/mol. The smallest absolute Gasteiger partial charge is 0.317 e. The van der Waals surface area contributed by atoms with E-state index in [0.717, 1.165) is 50.2 Å². The summed E-state index contributed by atoms with van der Waals surface area (Å²) in [5.41, 5.74) is 1.26. The molecule has 0 amide bonds. The van der Waals surface area contributed by atoms with Gasteiger partial charge in [0.05, 0.1) is 13.7 Å². The summed E-state index contributed by atoms with van der Waals surface area (Å²) in [6.07, 6.45) is 2.04. The molecule has 5 nitrogen and oxygen atoms in total. The van der Waals surface area contributed by atoms with Crippen molar-refractivity contribution >= 4 is 16.7 Å². The van der Waals surface area contributed by atoms with E-state index in [1.54, 1.807) is 7.11 Å². The first-order valence-corrected chi connectivity index (χ1v) is 9.34. The molecule has 2 aromatic rings. The first-order valence-electron chi connectivity index (χ1n) is 9.34. The lowest BCUT2D eigenvalue weighted by Crippen LogP contribution is -2.46. The Morgan fingerprint density at radius 3 is 2.65 bits per heavy atom. The number of ether oxygens (including phenoxy) is 1. The van der Waals surface area contributed by atoms with E-state index in [1.807, 2.05) is 13.0 Å². The summed E-state index contributed by atoms with van der Waals surface area (Å²) in [6, 6.07) is 13.1. The van der Waals surface area contributed by atoms with Crippen molar-refractivity contribution in [3.63, 3.8) is 0 Å². The average molecular weight is 356 g/mol. The number of piperidine rings is 1. The summed E-state index contributed by atoms with van der Waals surface area (Å²) in [6.45, 7) is 5.86. The second-order valence-electron chi connectivity index (χ2n) is 6.98. The zero-order chi connectivity index (χ0) is 18.5. The van der Waals surface area contributed by atoms with E-state index in [4.69, 9.17) is 9.84 Å². The van der Waals surface area contributed by atoms with Crippen LogP contribution in [0.2, 0.25) is 0 Å². The standard InChI is InChI=1S/C21H28N2O3/c1-3-23(15-21(24)25)18-8-10-22(11-9-18)14-16-12-17-6-4-5-7-19(17)20(13-16)26-2/h4-7,12-13,18H,3,8-11,14-15H2,1-2H3,(H,24,25). The number of nitrogens with zero attached hydrogens (tertiary/aromatic N) is 2. The molecule has 0 aliphatic carbocycles. The molecule has 0 bridgehead atoms. The zero-order valence-electron chi connectivity index (χ0n) is 15.6. The van der Waals surface area contributed by atoms with E-state index < -0.39 is 5.97 Å². The van der Waals surface area contributed by atoms with Gasteiger partial charge in [0.2, 0.25) is 0 Å². The van der Waals surface area contributed by atoms with Gasteiger partial charge in [0.15, 0.2) is 0 Å². The van der Waals surface area contributed by atoms with Crippen molar-refractivity contribution in [2.45, 2.75) is 32.4 Å². The van der Waals surface area contributed by atoms with Crippen LogP contribution in [0.3, 0.4) is 0 Å². The van der Waals surface area contributed by atoms with Crippen LogP contribution in [0.5, 0.6) is 5.75 Å². The molecule has 0 radical (unpaired) electrons. The minimum absolute atomic E-state index is 0.142. The monoisotopic (exact) mass is 356 g/mol. The fourth-order valence-electron chi connectivity index (χ4n) is 3.97. The average Bonchev–Trinajstić information content (AvgIpc) is 2.66.